The molecule has 0 spiro atoms. The van der Waals surface area contributed by atoms with Crippen LogP contribution in [-0.4, -0.2) is 36.1 Å². The molecule has 0 aliphatic carbocycles. The molecule has 0 unspecified atom stereocenters. The Morgan fingerprint density at radius 1 is 1.29 bits per heavy atom. The van der Waals surface area contributed by atoms with E-state index in [1.54, 1.807) is 13.0 Å². The summed E-state index contributed by atoms with van der Waals surface area (Å²) < 4.78 is 4.58. The van der Waals surface area contributed by atoms with E-state index in [2.05, 4.69) is 10.1 Å². The third-order valence-corrected chi connectivity index (χ3v) is 3.31. The summed E-state index contributed by atoms with van der Waals surface area (Å²) >= 11 is 0. The first-order chi connectivity index (χ1) is 9.90. The average Bonchev–Trinajstić information content (AvgIpc) is 2.50. The number of esters is 1. The van der Waals surface area contributed by atoms with Gasteiger partial charge in [-0.3, -0.25) is 4.79 Å². The minimum atomic E-state index is -1.08. The Kier molecular flexibility index (Phi) is 5.90. The summed E-state index contributed by atoms with van der Waals surface area (Å²) in [5.74, 6) is -2.37. The summed E-state index contributed by atoms with van der Waals surface area (Å²) in [6.45, 7) is 3.61. The number of hydrogen-bond donors (Lipinski definition) is 2. The van der Waals surface area contributed by atoms with E-state index in [9.17, 15) is 14.4 Å². The summed E-state index contributed by atoms with van der Waals surface area (Å²) in [4.78, 5) is 34.7. The topological polar surface area (TPSA) is 92.7 Å². The van der Waals surface area contributed by atoms with Crippen LogP contribution in [0.5, 0.6) is 0 Å². The quantitative estimate of drug-likeness (QED) is 0.779. The second kappa shape index (κ2) is 7.42. The normalized spacial score (nSPS) is 13.1. The maximum absolute atomic E-state index is 12.1. The second-order valence-corrected chi connectivity index (χ2v) is 4.75. The lowest BCUT2D eigenvalue weighted by atomic mass is 9.99. The lowest BCUT2D eigenvalue weighted by Gasteiger charge is -2.20. The van der Waals surface area contributed by atoms with Crippen LogP contribution in [0.15, 0.2) is 24.3 Å². The van der Waals surface area contributed by atoms with Gasteiger partial charge in [0.15, 0.2) is 0 Å². The molecule has 0 bridgehead atoms. The number of benzene rings is 1. The molecule has 1 amide bonds. The van der Waals surface area contributed by atoms with Crippen molar-refractivity contribution in [3.63, 3.8) is 0 Å². The largest absolute Gasteiger partial charge is 0.480 e. The van der Waals surface area contributed by atoms with Crippen molar-refractivity contribution < 1.29 is 24.2 Å². The third kappa shape index (κ3) is 4.30. The standard InChI is InChI=1S/C15H19NO5/c1-4-9(2)12(14(18)19)16-13(17)10-6-5-7-11(8-10)15(20)21-3/h5-9,12H,4H2,1-3H3,(H,16,17)(H,18,19)/t9-,12+/m1/s1. The molecule has 0 saturated carbocycles. The van der Waals surface area contributed by atoms with Gasteiger partial charge in [0.25, 0.3) is 5.91 Å². The SMILES string of the molecule is CC[C@@H](C)[C@H](NC(=O)c1cccc(C(=O)OC)c1)C(=O)O. The molecule has 114 valence electrons. The molecule has 1 aromatic rings. The predicted molar refractivity (Wildman–Crippen MR) is 76.1 cm³/mol. The number of amides is 1. The first-order valence-corrected chi connectivity index (χ1v) is 6.62. The van der Waals surface area contributed by atoms with Crippen molar-refractivity contribution in [3.05, 3.63) is 35.4 Å². The van der Waals surface area contributed by atoms with Gasteiger partial charge in [0.1, 0.15) is 6.04 Å². The fourth-order valence-corrected chi connectivity index (χ4v) is 1.81. The molecule has 2 N–H and O–H groups in total. The van der Waals surface area contributed by atoms with Gasteiger partial charge in [-0.15, -0.1) is 0 Å². The lowest BCUT2D eigenvalue weighted by Crippen LogP contribution is -2.45. The average molecular weight is 293 g/mol. The minimum Gasteiger partial charge on any atom is -0.480 e. The zero-order valence-corrected chi connectivity index (χ0v) is 12.3. The molecule has 0 aromatic heterocycles. The van der Waals surface area contributed by atoms with Crippen LogP contribution in [0.25, 0.3) is 0 Å². The van der Waals surface area contributed by atoms with Gasteiger partial charge in [-0.25, -0.2) is 9.59 Å². The number of methoxy groups -OCH3 is 1. The van der Waals surface area contributed by atoms with Crippen molar-refractivity contribution in [2.45, 2.75) is 26.3 Å². The van der Waals surface area contributed by atoms with Crippen LogP contribution in [-0.2, 0) is 9.53 Å². The second-order valence-electron chi connectivity index (χ2n) is 4.75. The first kappa shape index (κ1) is 16.7. The van der Waals surface area contributed by atoms with Crippen LogP contribution in [0.1, 0.15) is 41.0 Å². The summed E-state index contributed by atoms with van der Waals surface area (Å²) in [5.41, 5.74) is 0.452. The number of carboxylic acids is 1. The molecule has 2 atom stereocenters. The highest BCUT2D eigenvalue weighted by Gasteiger charge is 2.25. The van der Waals surface area contributed by atoms with Gasteiger partial charge in [0, 0.05) is 5.56 Å². The zero-order valence-electron chi connectivity index (χ0n) is 12.3. The predicted octanol–water partition coefficient (Wildman–Crippen LogP) is 1.70. The number of carboxylic acid groups (broad SMARTS) is 1. The number of carbonyl (C=O) groups excluding carboxylic acids is 2. The van der Waals surface area contributed by atoms with E-state index in [0.29, 0.717) is 6.42 Å². The summed E-state index contributed by atoms with van der Waals surface area (Å²) in [6, 6.07) is 4.98. The van der Waals surface area contributed by atoms with Gasteiger partial charge in [0.05, 0.1) is 12.7 Å². The van der Waals surface area contributed by atoms with E-state index in [1.807, 2.05) is 6.92 Å². The zero-order chi connectivity index (χ0) is 16.0. The number of hydrogen-bond acceptors (Lipinski definition) is 4. The van der Waals surface area contributed by atoms with E-state index in [-0.39, 0.29) is 17.0 Å². The first-order valence-electron chi connectivity index (χ1n) is 6.62. The van der Waals surface area contributed by atoms with Crippen LogP contribution < -0.4 is 5.32 Å². The van der Waals surface area contributed by atoms with E-state index in [4.69, 9.17) is 5.11 Å². The van der Waals surface area contributed by atoms with Crippen molar-refractivity contribution in [1.82, 2.24) is 5.32 Å². The number of carbonyl (C=O) groups is 3. The van der Waals surface area contributed by atoms with Gasteiger partial charge in [-0.05, 0) is 24.1 Å². The Morgan fingerprint density at radius 2 is 1.90 bits per heavy atom. The van der Waals surface area contributed by atoms with Crippen LogP contribution in [0.3, 0.4) is 0 Å². The summed E-state index contributed by atoms with van der Waals surface area (Å²) in [5, 5.41) is 11.6. The minimum absolute atomic E-state index is 0.199. The van der Waals surface area contributed by atoms with Crippen LogP contribution in [0, 0.1) is 5.92 Å². The van der Waals surface area contributed by atoms with Crippen molar-refractivity contribution in [3.8, 4) is 0 Å². The highest BCUT2D eigenvalue weighted by atomic mass is 16.5. The molecule has 0 aliphatic heterocycles. The number of nitrogens with one attached hydrogen (secondary N) is 1. The fraction of sp³-hybridized carbons (Fsp3) is 0.400. The molecular formula is C15H19NO5. The molecule has 6 heteroatoms. The summed E-state index contributed by atoms with van der Waals surface area (Å²) in [7, 11) is 1.25. The van der Waals surface area contributed by atoms with Crippen molar-refractivity contribution in [2.75, 3.05) is 7.11 Å². The molecule has 0 radical (unpaired) electrons. The van der Waals surface area contributed by atoms with E-state index in [0.717, 1.165) is 0 Å². The van der Waals surface area contributed by atoms with E-state index >= 15 is 0 Å². The van der Waals surface area contributed by atoms with Gasteiger partial charge in [-0.1, -0.05) is 26.3 Å². The fourth-order valence-electron chi connectivity index (χ4n) is 1.81. The number of rotatable bonds is 6. The van der Waals surface area contributed by atoms with E-state index in [1.165, 1.54) is 25.3 Å². The molecule has 1 aromatic carbocycles. The molecule has 0 saturated heterocycles. The Hall–Kier alpha value is -2.37. The van der Waals surface area contributed by atoms with E-state index < -0.39 is 23.9 Å². The maximum atomic E-state index is 12.1. The van der Waals surface area contributed by atoms with Gasteiger partial charge in [-0.2, -0.15) is 0 Å². The number of ether oxygens (including phenoxy) is 1. The Bertz CT molecular complexity index is 541. The van der Waals surface area contributed by atoms with Crippen molar-refractivity contribution in [2.24, 2.45) is 5.92 Å². The lowest BCUT2D eigenvalue weighted by molar-refractivity contribution is -0.140. The van der Waals surface area contributed by atoms with Crippen molar-refractivity contribution in [1.29, 1.82) is 0 Å². The van der Waals surface area contributed by atoms with Crippen LogP contribution >= 0.6 is 0 Å². The van der Waals surface area contributed by atoms with Gasteiger partial charge < -0.3 is 15.2 Å². The Morgan fingerprint density at radius 3 is 2.43 bits per heavy atom. The molecule has 0 aliphatic rings. The molecule has 0 fully saturated rings. The summed E-state index contributed by atoms with van der Waals surface area (Å²) in [6.07, 6.45) is 0.624. The maximum Gasteiger partial charge on any atom is 0.337 e. The van der Waals surface area contributed by atoms with Crippen LogP contribution in [0.2, 0.25) is 0 Å². The third-order valence-electron chi connectivity index (χ3n) is 3.31. The number of aliphatic carboxylic acids is 1. The highest BCUT2D eigenvalue weighted by Crippen LogP contribution is 2.11. The van der Waals surface area contributed by atoms with Crippen molar-refractivity contribution >= 4 is 17.8 Å². The molecule has 1 rings (SSSR count). The monoisotopic (exact) mass is 293 g/mol. The molecule has 6 nitrogen and oxygen atoms in total. The van der Waals surface area contributed by atoms with Gasteiger partial charge in [0.2, 0.25) is 0 Å². The van der Waals surface area contributed by atoms with Crippen LogP contribution in [0.4, 0.5) is 0 Å². The Balaban J connectivity index is 2.93. The molecule has 21 heavy (non-hydrogen) atoms. The smallest absolute Gasteiger partial charge is 0.337 e. The van der Waals surface area contributed by atoms with Gasteiger partial charge >= 0.3 is 11.9 Å². The molecular weight excluding hydrogens is 274 g/mol. The molecule has 0 heterocycles. The highest BCUT2D eigenvalue weighted by molar-refractivity contribution is 5.99. The Labute approximate surface area is 123 Å².